The molecule has 1 aromatic heterocycles. The second-order valence-electron chi connectivity index (χ2n) is 8.08. The van der Waals surface area contributed by atoms with E-state index in [1.54, 1.807) is 0 Å². The van der Waals surface area contributed by atoms with Crippen molar-refractivity contribution in [3.8, 4) is 0 Å². The summed E-state index contributed by atoms with van der Waals surface area (Å²) in [6, 6.07) is 5.27. The maximum Gasteiger partial charge on any atom is 0.191 e. The van der Waals surface area contributed by atoms with Gasteiger partial charge in [0, 0.05) is 44.1 Å². The minimum absolute atomic E-state index is 0.364. The van der Waals surface area contributed by atoms with Crippen molar-refractivity contribution < 1.29 is 4.74 Å². The molecule has 0 amide bonds. The molecule has 158 valence electrons. The van der Waals surface area contributed by atoms with Crippen molar-refractivity contribution in [1.82, 2.24) is 20.4 Å². The first kappa shape index (κ1) is 21.6. The minimum Gasteiger partial charge on any atom is -0.379 e. The number of piperidine rings is 1. The number of guanidine groups is 1. The fourth-order valence-electron chi connectivity index (χ4n) is 4.04. The normalized spacial score (nSPS) is 22.8. The number of nitrogens with one attached hydrogen (secondary N) is 2. The molecule has 2 unspecified atom stereocenters. The van der Waals surface area contributed by atoms with Gasteiger partial charge in [-0.25, -0.2) is 0 Å². The van der Waals surface area contributed by atoms with Crippen LogP contribution < -0.4 is 10.6 Å². The molecule has 3 heterocycles. The molecule has 0 aliphatic carbocycles. The lowest BCUT2D eigenvalue weighted by Crippen LogP contribution is -2.50. The molecule has 0 saturated carbocycles. The van der Waals surface area contributed by atoms with Gasteiger partial charge >= 0.3 is 0 Å². The molecule has 3 rings (SSSR count). The van der Waals surface area contributed by atoms with E-state index >= 15 is 0 Å². The molecule has 1 aromatic rings. The van der Waals surface area contributed by atoms with Crippen molar-refractivity contribution in [3.05, 3.63) is 22.4 Å². The molecule has 0 radical (unpaired) electrons. The summed E-state index contributed by atoms with van der Waals surface area (Å²) in [4.78, 5) is 11.0. The summed E-state index contributed by atoms with van der Waals surface area (Å²) in [5, 5.41) is 9.27. The zero-order valence-electron chi connectivity index (χ0n) is 17.7. The second-order valence-corrected chi connectivity index (χ2v) is 9.06. The van der Waals surface area contributed by atoms with Gasteiger partial charge in [-0.15, -0.1) is 11.3 Å². The number of nitrogens with zero attached hydrogens (tertiary/aromatic N) is 3. The number of aliphatic imine (C=N–C) groups is 1. The fourth-order valence-corrected chi connectivity index (χ4v) is 4.90. The van der Waals surface area contributed by atoms with Gasteiger partial charge < -0.3 is 15.4 Å². The van der Waals surface area contributed by atoms with Crippen LogP contribution in [0.15, 0.2) is 22.5 Å². The summed E-state index contributed by atoms with van der Waals surface area (Å²) in [6.07, 6.45) is 2.64. The molecular weight excluding hydrogens is 370 g/mol. The van der Waals surface area contributed by atoms with Gasteiger partial charge in [0.1, 0.15) is 0 Å². The van der Waals surface area contributed by atoms with Crippen LogP contribution >= 0.6 is 11.3 Å². The quantitative estimate of drug-likeness (QED) is 0.537. The first-order valence-electron chi connectivity index (χ1n) is 10.7. The van der Waals surface area contributed by atoms with Gasteiger partial charge in [-0.1, -0.05) is 13.0 Å². The van der Waals surface area contributed by atoms with Crippen molar-refractivity contribution in [2.45, 2.75) is 38.8 Å². The van der Waals surface area contributed by atoms with Crippen LogP contribution in [0.5, 0.6) is 0 Å². The highest BCUT2D eigenvalue weighted by molar-refractivity contribution is 7.10. The standard InChI is InChI=1S/C21H37N5OS/c1-17-6-8-25(9-7-17)18(2)15-23-21(22-3)24-16-19(20-5-4-14-28-20)26-10-12-27-13-11-26/h4-5,14,17-19H,6-13,15-16H2,1-3H3,(H2,22,23,24). The Morgan fingerprint density at radius 2 is 1.89 bits per heavy atom. The Kier molecular flexibility index (Phi) is 8.58. The molecule has 7 heteroatoms. The molecule has 6 nitrogen and oxygen atoms in total. The van der Waals surface area contributed by atoms with E-state index in [1.165, 1.54) is 30.8 Å². The van der Waals surface area contributed by atoms with E-state index in [2.05, 4.69) is 56.8 Å². The molecule has 2 fully saturated rings. The number of morpholine rings is 1. The monoisotopic (exact) mass is 407 g/mol. The highest BCUT2D eigenvalue weighted by Crippen LogP contribution is 2.25. The molecule has 2 N–H and O–H groups in total. The van der Waals surface area contributed by atoms with Crippen LogP contribution in [0.25, 0.3) is 0 Å². The average Bonchev–Trinajstić information content (AvgIpc) is 3.26. The van der Waals surface area contributed by atoms with E-state index < -0.39 is 0 Å². The summed E-state index contributed by atoms with van der Waals surface area (Å²) in [7, 11) is 1.86. The fraction of sp³-hybridized carbons (Fsp3) is 0.762. The lowest BCUT2D eigenvalue weighted by molar-refractivity contribution is 0.0177. The summed E-state index contributed by atoms with van der Waals surface area (Å²) in [5.74, 6) is 1.77. The van der Waals surface area contributed by atoms with Gasteiger partial charge in [-0.3, -0.25) is 14.8 Å². The van der Waals surface area contributed by atoms with E-state index in [0.717, 1.165) is 51.3 Å². The third-order valence-electron chi connectivity index (χ3n) is 6.05. The van der Waals surface area contributed by atoms with Crippen LogP contribution in [0.3, 0.4) is 0 Å². The van der Waals surface area contributed by atoms with Crippen molar-refractivity contribution in [1.29, 1.82) is 0 Å². The number of ether oxygens (including phenoxy) is 1. The average molecular weight is 408 g/mol. The maximum absolute atomic E-state index is 5.54. The first-order valence-corrected chi connectivity index (χ1v) is 11.6. The molecule has 0 spiro atoms. The number of likely N-dealkylation sites (tertiary alicyclic amines) is 1. The van der Waals surface area contributed by atoms with Crippen LogP contribution in [-0.4, -0.2) is 81.3 Å². The zero-order chi connectivity index (χ0) is 19.8. The Balaban J connectivity index is 1.48. The third-order valence-corrected chi connectivity index (χ3v) is 7.02. The summed E-state index contributed by atoms with van der Waals surface area (Å²) in [5.41, 5.74) is 0. The van der Waals surface area contributed by atoms with Gasteiger partial charge in [-0.2, -0.15) is 0 Å². The zero-order valence-corrected chi connectivity index (χ0v) is 18.5. The Morgan fingerprint density at radius 1 is 1.18 bits per heavy atom. The van der Waals surface area contributed by atoms with Crippen LogP contribution in [0.4, 0.5) is 0 Å². The molecule has 0 bridgehead atoms. The van der Waals surface area contributed by atoms with Crippen LogP contribution in [0.1, 0.15) is 37.6 Å². The van der Waals surface area contributed by atoms with E-state index in [-0.39, 0.29) is 0 Å². The van der Waals surface area contributed by atoms with Crippen molar-refractivity contribution in [3.63, 3.8) is 0 Å². The van der Waals surface area contributed by atoms with Crippen LogP contribution in [0.2, 0.25) is 0 Å². The van der Waals surface area contributed by atoms with E-state index in [4.69, 9.17) is 4.74 Å². The van der Waals surface area contributed by atoms with E-state index in [0.29, 0.717) is 12.1 Å². The first-order chi connectivity index (χ1) is 13.7. The molecule has 2 aliphatic heterocycles. The number of rotatable bonds is 7. The summed E-state index contributed by atoms with van der Waals surface area (Å²) >= 11 is 1.83. The Labute approximate surface area is 174 Å². The highest BCUT2D eigenvalue weighted by atomic mass is 32.1. The number of hydrogen-bond acceptors (Lipinski definition) is 5. The third kappa shape index (κ3) is 6.17. The van der Waals surface area contributed by atoms with Gasteiger partial charge in [0.25, 0.3) is 0 Å². The van der Waals surface area contributed by atoms with Crippen molar-refractivity contribution in [2.75, 3.05) is 59.5 Å². The largest absolute Gasteiger partial charge is 0.379 e. The van der Waals surface area contributed by atoms with E-state index in [1.807, 2.05) is 18.4 Å². The predicted octanol–water partition coefficient (Wildman–Crippen LogP) is 2.41. The summed E-state index contributed by atoms with van der Waals surface area (Å²) < 4.78 is 5.54. The molecule has 2 atom stereocenters. The lowest BCUT2D eigenvalue weighted by Gasteiger charge is -2.36. The highest BCUT2D eigenvalue weighted by Gasteiger charge is 2.24. The molecular formula is C21H37N5OS. The molecule has 0 aromatic carbocycles. The Bertz CT molecular complexity index is 580. The minimum atomic E-state index is 0.364. The number of thiophene rings is 1. The topological polar surface area (TPSA) is 52.1 Å². The van der Waals surface area contributed by atoms with Gasteiger partial charge in [-0.05, 0) is 50.2 Å². The van der Waals surface area contributed by atoms with E-state index in [9.17, 15) is 0 Å². The smallest absolute Gasteiger partial charge is 0.191 e. The number of hydrogen-bond donors (Lipinski definition) is 2. The molecule has 2 aliphatic rings. The second kappa shape index (κ2) is 11.1. The predicted molar refractivity (Wildman–Crippen MR) is 118 cm³/mol. The maximum atomic E-state index is 5.54. The summed E-state index contributed by atoms with van der Waals surface area (Å²) in [6.45, 7) is 12.5. The van der Waals surface area contributed by atoms with Crippen LogP contribution in [-0.2, 0) is 4.74 Å². The Hall–Kier alpha value is -1.15. The Morgan fingerprint density at radius 3 is 2.54 bits per heavy atom. The van der Waals surface area contributed by atoms with Gasteiger partial charge in [0.2, 0.25) is 0 Å². The SMILES string of the molecule is CN=C(NCC(C)N1CCC(C)CC1)NCC(c1cccs1)N1CCOCC1. The van der Waals surface area contributed by atoms with Crippen molar-refractivity contribution >= 4 is 17.3 Å². The van der Waals surface area contributed by atoms with Gasteiger partial charge in [0.15, 0.2) is 5.96 Å². The van der Waals surface area contributed by atoms with Gasteiger partial charge in [0.05, 0.1) is 19.3 Å². The van der Waals surface area contributed by atoms with Crippen LogP contribution in [0, 0.1) is 5.92 Å². The lowest BCUT2D eigenvalue weighted by atomic mass is 9.98. The molecule has 28 heavy (non-hydrogen) atoms. The van der Waals surface area contributed by atoms with Crippen molar-refractivity contribution in [2.24, 2.45) is 10.9 Å². The molecule has 2 saturated heterocycles.